The maximum atomic E-state index is 14.5. The molecule has 1 unspecified atom stereocenters. The molecule has 5 aliphatic heterocycles. The molecule has 0 saturated carbocycles. The van der Waals surface area contributed by atoms with Crippen LogP contribution in [0.5, 0.6) is 0 Å². The maximum absolute atomic E-state index is 14.5. The zero-order valence-corrected chi connectivity index (χ0v) is 23.9. The molecule has 10 heteroatoms. The number of ether oxygens (including phenoxy) is 2. The van der Waals surface area contributed by atoms with E-state index in [0.29, 0.717) is 45.8 Å². The first-order valence-electron chi connectivity index (χ1n) is 14.8. The number of aliphatic hydroxyl groups excluding tert-OH is 1. The molecule has 0 radical (unpaired) electrons. The number of benzene rings is 1. The molecule has 41 heavy (non-hydrogen) atoms. The van der Waals surface area contributed by atoms with Gasteiger partial charge in [-0.3, -0.25) is 19.3 Å². The minimum atomic E-state index is -1.33. The fourth-order valence-corrected chi connectivity index (χ4v) is 7.44. The second-order valence-corrected chi connectivity index (χ2v) is 11.8. The molecule has 6 atom stereocenters. The Balaban J connectivity index is 1.39. The molecule has 0 bridgehead atoms. The Labute approximate surface area is 241 Å². The van der Waals surface area contributed by atoms with Gasteiger partial charge in [-0.25, -0.2) is 0 Å². The third kappa shape index (κ3) is 4.52. The highest BCUT2D eigenvalue weighted by Gasteiger charge is 2.75. The number of fused-ring (bicyclic) bond motifs is 2. The van der Waals surface area contributed by atoms with Crippen LogP contribution in [0.4, 0.5) is 5.69 Å². The lowest BCUT2D eigenvalue weighted by molar-refractivity contribution is -0.154. The van der Waals surface area contributed by atoms with E-state index in [1.165, 1.54) is 0 Å². The smallest absolute Gasteiger partial charge is 0.249 e. The fraction of sp³-hybridized carbons (Fsp3) is 0.581. The van der Waals surface area contributed by atoms with Gasteiger partial charge in [0.25, 0.3) is 0 Å². The number of hydrogen-bond acceptors (Lipinski definition) is 7. The van der Waals surface area contributed by atoms with Gasteiger partial charge in [0.05, 0.1) is 43.3 Å². The molecule has 220 valence electrons. The number of anilines is 1. The summed E-state index contributed by atoms with van der Waals surface area (Å²) in [6.07, 6.45) is 8.06. The predicted molar refractivity (Wildman–Crippen MR) is 152 cm³/mol. The summed E-state index contributed by atoms with van der Waals surface area (Å²) < 4.78 is 12.4. The van der Waals surface area contributed by atoms with E-state index in [-0.39, 0.29) is 24.3 Å². The van der Waals surface area contributed by atoms with Gasteiger partial charge in [-0.05, 0) is 25.5 Å². The summed E-state index contributed by atoms with van der Waals surface area (Å²) in [5.74, 6) is -2.46. The van der Waals surface area contributed by atoms with Gasteiger partial charge in [0, 0.05) is 45.0 Å². The Morgan fingerprint density at radius 2 is 1.68 bits per heavy atom. The lowest BCUT2D eigenvalue weighted by Gasteiger charge is -2.40. The van der Waals surface area contributed by atoms with Crippen LogP contribution in [0.3, 0.4) is 0 Å². The normalized spacial score (nSPS) is 34.4. The highest BCUT2D eigenvalue weighted by atomic mass is 16.5. The van der Waals surface area contributed by atoms with Gasteiger partial charge in [0.1, 0.15) is 11.6 Å². The topological polar surface area (TPSA) is 103 Å². The average molecular weight is 565 g/mol. The first kappa shape index (κ1) is 28.1. The van der Waals surface area contributed by atoms with Gasteiger partial charge in [0.15, 0.2) is 0 Å². The molecule has 3 saturated heterocycles. The SMILES string of the molecule is CC[C@@H](CO)N1C(=O)[C@@H]2[C@H]3C(=O)N(c4ccccc4)CC=C[C@@]3(C)O[C@@]23C=CCN(CCN2CCOCC2)C(=O)C13. The summed E-state index contributed by atoms with van der Waals surface area (Å²) in [6.45, 7) is 8.39. The third-order valence-corrected chi connectivity index (χ3v) is 9.51. The van der Waals surface area contributed by atoms with Crippen LogP contribution in [0, 0.1) is 11.8 Å². The highest BCUT2D eigenvalue weighted by molar-refractivity contribution is 6.04. The quantitative estimate of drug-likeness (QED) is 0.494. The number of rotatable bonds is 7. The molecule has 0 aliphatic carbocycles. The van der Waals surface area contributed by atoms with Crippen molar-refractivity contribution in [2.75, 3.05) is 64.0 Å². The monoisotopic (exact) mass is 564 g/mol. The van der Waals surface area contributed by atoms with Gasteiger partial charge in [-0.2, -0.15) is 0 Å². The van der Waals surface area contributed by atoms with Crippen LogP contribution in [-0.2, 0) is 23.9 Å². The van der Waals surface area contributed by atoms with E-state index < -0.39 is 35.1 Å². The molecule has 5 aliphatic rings. The van der Waals surface area contributed by atoms with Crippen LogP contribution in [0.15, 0.2) is 54.6 Å². The van der Waals surface area contributed by atoms with Crippen LogP contribution in [0.1, 0.15) is 20.3 Å². The minimum Gasteiger partial charge on any atom is -0.394 e. The van der Waals surface area contributed by atoms with E-state index >= 15 is 0 Å². The molecule has 3 fully saturated rings. The molecule has 0 aromatic heterocycles. The number of amides is 3. The Morgan fingerprint density at radius 3 is 2.39 bits per heavy atom. The molecule has 3 amide bonds. The van der Waals surface area contributed by atoms with Crippen LogP contribution < -0.4 is 4.90 Å². The number of para-hydroxylation sites is 1. The van der Waals surface area contributed by atoms with E-state index in [0.717, 1.165) is 18.8 Å². The van der Waals surface area contributed by atoms with Crippen molar-refractivity contribution in [1.82, 2.24) is 14.7 Å². The van der Waals surface area contributed by atoms with Gasteiger partial charge in [0.2, 0.25) is 17.7 Å². The minimum absolute atomic E-state index is 0.203. The predicted octanol–water partition coefficient (Wildman–Crippen LogP) is 1.06. The summed E-state index contributed by atoms with van der Waals surface area (Å²) in [5, 5.41) is 10.3. The van der Waals surface area contributed by atoms with Gasteiger partial charge < -0.3 is 29.3 Å². The van der Waals surface area contributed by atoms with Crippen molar-refractivity contribution in [3.8, 4) is 0 Å². The molecule has 1 N–H and O–H groups in total. The summed E-state index contributed by atoms with van der Waals surface area (Å²) in [7, 11) is 0. The molecule has 1 aromatic rings. The van der Waals surface area contributed by atoms with Crippen LogP contribution in [-0.4, -0.2) is 120 Å². The van der Waals surface area contributed by atoms with E-state index in [4.69, 9.17) is 9.47 Å². The molecule has 1 aromatic carbocycles. The second-order valence-electron chi connectivity index (χ2n) is 11.8. The number of morpholine rings is 1. The lowest BCUT2D eigenvalue weighted by atomic mass is 9.74. The zero-order chi connectivity index (χ0) is 28.8. The standard InChI is InChI=1S/C31H40N4O6/c1-3-22(21-36)35-26-29(39)33(16-15-32-17-19-40-20-18-32)13-8-12-31(26)25(28(35)38)24-27(37)34(23-9-5-4-6-10-23)14-7-11-30(24,2)41-31/h4-12,22,24-26,36H,3,13-21H2,1-2H3/t22-,24-,25-,26?,30+,31-/m0/s1. The number of carbonyl (C=O) groups excluding carboxylic acids is 3. The number of nitrogens with zero attached hydrogens (tertiary/aromatic N) is 4. The average Bonchev–Trinajstić information content (AvgIpc) is 3.26. The maximum Gasteiger partial charge on any atom is 0.249 e. The number of likely N-dealkylation sites (tertiary alicyclic amines) is 1. The molecule has 5 heterocycles. The van der Waals surface area contributed by atoms with Crippen molar-refractivity contribution in [2.45, 2.75) is 43.6 Å². The van der Waals surface area contributed by atoms with E-state index in [1.807, 2.05) is 68.5 Å². The van der Waals surface area contributed by atoms with Crippen molar-refractivity contribution < 1.29 is 29.0 Å². The van der Waals surface area contributed by atoms with Crippen molar-refractivity contribution in [1.29, 1.82) is 0 Å². The van der Waals surface area contributed by atoms with Crippen LogP contribution in [0.2, 0.25) is 0 Å². The van der Waals surface area contributed by atoms with Crippen molar-refractivity contribution in [3.63, 3.8) is 0 Å². The summed E-state index contributed by atoms with van der Waals surface area (Å²) in [6, 6.07) is 7.88. The number of hydrogen-bond donors (Lipinski definition) is 1. The van der Waals surface area contributed by atoms with Gasteiger partial charge >= 0.3 is 0 Å². The summed E-state index contributed by atoms with van der Waals surface area (Å²) in [4.78, 5) is 50.6. The number of carbonyl (C=O) groups is 3. The van der Waals surface area contributed by atoms with Crippen LogP contribution in [0.25, 0.3) is 0 Å². The third-order valence-electron chi connectivity index (χ3n) is 9.51. The second kappa shape index (κ2) is 11.0. The van der Waals surface area contributed by atoms with Gasteiger partial charge in [-0.15, -0.1) is 0 Å². The number of aliphatic hydroxyl groups is 1. The Hall–Kier alpha value is -3.05. The van der Waals surface area contributed by atoms with Crippen molar-refractivity contribution in [3.05, 3.63) is 54.6 Å². The zero-order valence-electron chi connectivity index (χ0n) is 23.9. The van der Waals surface area contributed by atoms with E-state index in [9.17, 15) is 19.5 Å². The van der Waals surface area contributed by atoms with Gasteiger partial charge in [-0.1, -0.05) is 49.4 Å². The molecular weight excluding hydrogens is 524 g/mol. The Morgan fingerprint density at radius 1 is 0.951 bits per heavy atom. The van der Waals surface area contributed by atoms with Crippen molar-refractivity contribution >= 4 is 23.4 Å². The van der Waals surface area contributed by atoms with Crippen molar-refractivity contribution in [2.24, 2.45) is 11.8 Å². The molecule has 1 spiro atoms. The first-order chi connectivity index (χ1) is 19.8. The highest BCUT2D eigenvalue weighted by Crippen LogP contribution is 2.58. The fourth-order valence-electron chi connectivity index (χ4n) is 7.44. The molecule has 6 rings (SSSR count). The van der Waals surface area contributed by atoms with Crippen LogP contribution >= 0.6 is 0 Å². The lowest BCUT2D eigenvalue weighted by Crippen LogP contribution is -2.59. The van der Waals surface area contributed by atoms with E-state index in [2.05, 4.69) is 4.90 Å². The molecular formula is C31H40N4O6. The van der Waals surface area contributed by atoms with E-state index in [1.54, 1.807) is 14.7 Å². The Bertz CT molecular complexity index is 1230. The molecule has 10 nitrogen and oxygen atoms in total. The summed E-state index contributed by atoms with van der Waals surface area (Å²) >= 11 is 0. The summed E-state index contributed by atoms with van der Waals surface area (Å²) in [5.41, 5.74) is -1.67. The Kier molecular flexibility index (Phi) is 7.52. The largest absolute Gasteiger partial charge is 0.394 e. The first-order valence-corrected chi connectivity index (χ1v) is 14.8.